The number of anilines is 1. The minimum atomic E-state index is -0.939. The molecule has 0 unspecified atom stereocenters. The second-order valence-corrected chi connectivity index (χ2v) is 4.62. The summed E-state index contributed by atoms with van der Waals surface area (Å²) in [6.07, 6.45) is 0. The molecule has 9 heteroatoms. The van der Waals surface area contributed by atoms with Crippen molar-refractivity contribution in [3.8, 4) is 17.1 Å². The molecule has 0 aliphatic carbocycles. The van der Waals surface area contributed by atoms with Crippen LogP contribution in [-0.2, 0) is 4.79 Å². The summed E-state index contributed by atoms with van der Waals surface area (Å²) in [4.78, 5) is 14.7. The van der Waals surface area contributed by atoms with Gasteiger partial charge in [-0.2, -0.15) is 0 Å². The topological polar surface area (TPSA) is 120 Å². The molecular weight excluding hydrogens is 284 g/mol. The van der Waals surface area contributed by atoms with Crippen LogP contribution in [0.4, 0.5) is 5.69 Å². The van der Waals surface area contributed by atoms with E-state index in [1.807, 2.05) is 5.48 Å². The summed E-state index contributed by atoms with van der Waals surface area (Å²) in [6, 6.07) is 4.93. The van der Waals surface area contributed by atoms with E-state index in [-0.39, 0.29) is 5.75 Å². The highest BCUT2D eigenvalue weighted by molar-refractivity contribution is 7.99. The number of carboxylic acid groups (broad SMARTS) is 1. The lowest BCUT2D eigenvalue weighted by molar-refractivity contribution is -0.133. The Kier molecular flexibility index (Phi) is 4.43. The predicted octanol–water partition coefficient (Wildman–Crippen LogP) is 1.46. The molecule has 4 N–H and O–H groups in total. The van der Waals surface area contributed by atoms with Gasteiger partial charge >= 0.3 is 5.97 Å². The van der Waals surface area contributed by atoms with Gasteiger partial charge in [0.05, 0.1) is 24.1 Å². The molecule has 0 saturated heterocycles. The molecule has 0 atom stereocenters. The second-order valence-electron chi connectivity index (χ2n) is 3.68. The van der Waals surface area contributed by atoms with Crippen molar-refractivity contribution in [1.29, 1.82) is 0 Å². The summed E-state index contributed by atoms with van der Waals surface area (Å²) in [5.41, 5.74) is 3.10. The summed E-state index contributed by atoms with van der Waals surface area (Å²) >= 11 is 1.01. The number of aromatic nitrogens is 3. The molecule has 0 aliphatic heterocycles. The number of rotatable bonds is 6. The third-order valence-electron chi connectivity index (χ3n) is 2.37. The van der Waals surface area contributed by atoms with E-state index in [4.69, 9.17) is 15.1 Å². The molecule has 2 aromatic rings. The predicted molar refractivity (Wildman–Crippen MR) is 72.1 cm³/mol. The smallest absolute Gasteiger partial charge is 0.313 e. The molecule has 0 fully saturated rings. The van der Waals surface area contributed by atoms with E-state index in [0.29, 0.717) is 28.0 Å². The summed E-state index contributed by atoms with van der Waals surface area (Å²) in [7, 11) is 1.52. The van der Waals surface area contributed by atoms with Crippen molar-refractivity contribution >= 4 is 23.4 Å². The molecule has 0 saturated carbocycles. The van der Waals surface area contributed by atoms with Crippen LogP contribution in [0, 0.1) is 0 Å². The van der Waals surface area contributed by atoms with Gasteiger partial charge in [0, 0.05) is 0 Å². The Morgan fingerprint density at radius 3 is 3.00 bits per heavy atom. The zero-order chi connectivity index (χ0) is 14.5. The molecule has 106 valence electrons. The van der Waals surface area contributed by atoms with E-state index in [0.717, 1.165) is 11.8 Å². The molecule has 2 rings (SSSR count). The molecule has 0 amide bonds. The third-order valence-corrected chi connectivity index (χ3v) is 3.21. The number of H-pyrrole nitrogens is 1. The van der Waals surface area contributed by atoms with Gasteiger partial charge in [0.15, 0.2) is 5.82 Å². The number of aliphatic carboxylic acids is 1. The van der Waals surface area contributed by atoms with Crippen molar-refractivity contribution in [2.75, 3.05) is 18.3 Å². The highest BCUT2D eigenvalue weighted by atomic mass is 32.2. The number of benzene rings is 1. The molecule has 1 aromatic heterocycles. The Morgan fingerprint density at radius 1 is 1.55 bits per heavy atom. The average molecular weight is 296 g/mol. The van der Waals surface area contributed by atoms with Gasteiger partial charge in [-0.1, -0.05) is 11.8 Å². The van der Waals surface area contributed by atoms with Crippen LogP contribution in [0.5, 0.6) is 5.75 Å². The van der Waals surface area contributed by atoms with Crippen LogP contribution in [0.1, 0.15) is 0 Å². The minimum Gasteiger partial charge on any atom is -0.496 e. The molecule has 0 radical (unpaired) electrons. The summed E-state index contributed by atoms with van der Waals surface area (Å²) in [6.45, 7) is 0. The first-order chi connectivity index (χ1) is 9.63. The number of thioether (sulfide) groups is 1. The van der Waals surface area contributed by atoms with E-state index < -0.39 is 5.97 Å². The van der Waals surface area contributed by atoms with Gasteiger partial charge in [-0.3, -0.25) is 20.6 Å². The number of nitrogens with zero attached hydrogens (tertiary/aromatic N) is 2. The van der Waals surface area contributed by atoms with E-state index >= 15 is 0 Å². The van der Waals surface area contributed by atoms with E-state index in [1.54, 1.807) is 18.2 Å². The van der Waals surface area contributed by atoms with Crippen LogP contribution in [0.15, 0.2) is 23.4 Å². The fourth-order valence-corrected chi connectivity index (χ4v) is 2.04. The Balaban J connectivity index is 2.28. The Bertz CT molecular complexity index is 616. The number of nitrogens with one attached hydrogen (secondary N) is 2. The largest absolute Gasteiger partial charge is 0.496 e. The number of carbonyl (C=O) groups is 1. The van der Waals surface area contributed by atoms with Crippen molar-refractivity contribution in [3.05, 3.63) is 18.2 Å². The zero-order valence-electron chi connectivity index (χ0n) is 10.5. The molecule has 8 nitrogen and oxygen atoms in total. The van der Waals surface area contributed by atoms with E-state index in [1.165, 1.54) is 7.11 Å². The fourth-order valence-electron chi connectivity index (χ4n) is 1.52. The van der Waals surface area contributed by atoms with E-state index in [2.05, 4.69) is 15.2 Å². The number of hydrogen-bond donors (Lipinski definition) is 4. The molecule has 0 aliphatic rings. The quantitative estimate of drug-likeness (QED) is 0.467. The van der Waals surface area contributed by atoms with Crippen LogP contribution in [-0.4, -0.2) is 44.3 Å². The van der Waals surface area contributed by atoms with Gasteiger partial charge in [0.2, 0.25) is 5.16 Å². The summed E-state index contributed by atoms with van der Waals surface area (Å²) in [5, 5.41) is 24.5. The number of hydrogen-bond acceptors (Lipinski definition) is 7. The highest BCUT2D eigenvalue weighted by Crippen LogP contribution is 2.31. The van der Waals surface area contributed by atoms with Gasteiger partial charge < -0.3 is 9.84 Å². The van der Waals surface area contributed by atoms with Crippen LogP contribution in [0.25, 0.3) is 11.4 Å². The van der Waals surface area contributed by atoms with Gasteiger partial charge in [0.25, 0.3) is 0 Å². The highest BCUT2D eigenvalue weighted by Gasteiger charge is 2.13. The maximum absolute atomic E-state index is 10.5. The van der Waals surface area contributed by atoms with Gasteiger partial charge in [-0.25, -0.2) is 4.98 Å². The second kappa shape index (κ2) is 6.26. The normalized spacial score (nSPS) is 10.3. The Labute approximate surface area is 118 Å². The van der Waals surface area contributed by atoms with Gasteiger partial charge in [-0.15, -0.1) is 5.10 Å². The van der Waals surface area contributed by atoms with Crippen molar-refractivity contribution in [2.24, 2.45) is 0 Å². The molecule has 0 bridgehead atoms. The lowest BCUT2D eigenvalue weighted by Crippen LogP contribution is -1.97. The lowest BCUT2D eigenvalue weighted by Gasteiger charge is -2.07. The first kappa shape index (κ1) is 14.2. The Morgan fingerprint density at radius 2 is 2.35 bits per heavy atom. The maximum atomic E-state index is 10.5. The molecule has 1 heterocycles. The third kappa shape index (κ3) is 3.19. The first-order valence-electron chi connectivity index (χ1n) is 5.49. The number of aromatic amines is 1. The van der Waals surface area contributed by atoms with Crippen molar-refractivity contribution < 1.29 is 19.8 Å². The maximum Gasteiger partial charge on any atom is 0.313 e. The van der Waals surface area contributed by atoms with Gasteiger partial charge in [0.1, 0.15) is 5.75 Å². The Hall–Kier alpha value is -2.26. The fraction of sp³-hybridized carbons (Fsp3) is 0.182. The zero-order valence-corrected chi connectivity index (χ0v) is 11.3. The number of ether oxygens (including phenoxy) is 1. The number of methoxy groups -OCH3 is 1. The molecule has 1 aromatic carbocycles. The van der Waals surface area contributed by atoms with E-state index in [9.17, 15) is 4.79 Å². The molecule has 0 spiro atoms. The average Bonchev–Trinajstić information content (AvgIpc) is 2.93. The summed E-state index contributed by atoms with van der Waals surface area (Å²) in [5.74, 6) is -0.0840. The minimum absolute atomic E-state index is 0.118. The first-order valence-corrected chi connectivity index (χ1v) is 6.48. The van der Waals surface area contributed by atoms with Crippen LogP contribution in [0.3, 0.4) is 0 Å². The standard InChI is InChI=1S/C11H12N4O4S/c1-19-8-3-2-6(15-18)4-7(8)10-12-11(14-13-10)20-5-9(16)17/h2-4,15,18H,5H2,1H3,(H,16,17)(H,12,13,14). The van der Waals surface area contributed by atoms with Gasteiger partial charge in [-0.05, 0) is 18.2 Å². The number of carboxylic acids is 1. The van der Waals surface area contributed by atoms with Crippen molar-refractivity contribution in [1.82, 2.24) is 15.2 Å². The van der Waals surface area contributed by atoms with Crippen LogP contribution in [0.2, 0.25) is 0 Å². The van der Waals surface area contributed by atoms with Crippen molar-refractivity contribution in [2.45, 2.75) is 5.16 Å². The van der Waals surface area contributed by atoms with Crippen molar-refractivity contribution in [3.63, 3.8) is 0 Å². The lowest BCUT2D eigenvalue weighted by atomic mass is 10.1. The molecular formula is C11H12N4O4S. The van der Waals surface area contributed by atoms with Crippen LogP contribution >= 0.6 is 11.8 Å². The van der Waals surface area contributed by atoms with Crippen LogP contribution < -0.4 is 10.2 Å². The summed E-state index contributed by atoms with van der Waals surface area (Å²) < 4.78 is 5.21. The SMILES string of the molecule is COc1ccc(NO)cc1-c1nc(SCC(=O)O)n[nH]1. The monoisotopic (exact) mass is 296 g/mol. The molecule has 20 heavy (non-hydrogen) atoms.